The Bertz CT molecular complexity index is 925. The van der Waals surface area contributed by atoms with E-state index in [0.717, 1.165) is 19.4 Å². The highest BCUT2D eigenvalue weighted by molar-refractivity contribution is 6.33. The topological polar surface area (TPSA) is 133 Å². The summed E-state index contributed by atoms with van der Waals surface area (Å²) in [6, 6.07) is 1.57. The molecule has 5 N–H and O–H groups in total. The van der Waals surface area contributed by atoms with Crippen LogP contribution in [0.3, 0.4) is 0 Å². The summed E-state index contributed by atoms with van der Waals surface area (Å²) in [6.45, 7) is 1.46. The summed E-state index contributed by atoms with van der Waals surface area (Å²) in [4.78, 5) is 41.9. The first-order valence-electron chi connectivity index (χ1n) is 11.3. The maximum atomic E-state index is 12.8. The van der Waals surface area contributed by atoms with E-state index in [1.54, 1.807) is 12.3 Å². The second-order valence-electron chi connectivity index (χ2n) is 8.49. The van der Waals surface area contributed by atoms with Gasteiger partial charge in [-0.3, -0.25) is 19.4 Å². The minimum atomic E-state index is -0.324. The molecule has 3 aliphatic rings. The molecule has 2 fully saturated rings. The zero-order valence-electron chi connectivity index (χ0n) is 18.3. The lowest BCUT2D eigenvalue weighted by Gasteiger charge is -2.28. The van der Waals surface area contributed by atoms with Gasteiger partial charge in [-0.15, -0.1) is 0 Å². The number of amides is 3. The van der Waals surface area contributed by atoms with Gasteiger partial charge in [0.15, 0.2) is 0 Å². The van der Waals surface area contributed by atoms with Crippen LogP contribution in [0.25, 0.3) is 0 Å². The summed E-state index contributed by atoms with van der Waals surface area (Å²) in [5.74, 6) is -0.893. The molecule has 0 spiro atoms. The van der Waals surface area contributed by atoms with Crippen molar-refractivity contribution < 1.29 is 19.1 Å². The number of rotatable bonds is 7. The SMILES string of the molecule is O=C(NCC1CCCO1)C1=C(C(=O)NC2CCC(C(=O)Nc3cnccc3Cl)CC2)NCN1. The van der Waals surface area contributed by atoms with Gasteiger partial charge >= 0.3 is 0 Å². The Morgan fingerprint density at radius 3 is 2.55 bits per heavy atom. The smallest absolute Gasteiger partial charge is 0.269 e. The first kappa shape index (κ1) is 23.3. The van der Waals surface area contributed by atoms with E-state index in [0.29, 0.717) is 49.6 Å². The molecule has 1 aromatic heterocycles. The van der Waals surface area contributed by atoms with Gasteiger partial charge in [0.25, 0.3) is 11.8 Å². The van der Waals surface area contributed by atoms with Gasteiger partial charge < -0.3 is 31.3 Å². The van der Waals surface area contributed by atoms with Gasteiger partial charge in [-0.25, -0.2) is 0 Å². The molecule has 33 heavy (non-hydrogen) atoms. The van der Waals surface area contributed by atoms with Crippen molar-refractivity contribution in [1.29, 1.82) is 0 Å². The molecular weight excluding hydrogens is 448 g/mol. The van der Waals surface area contributed by atoms with Crippen molar-refractivity contribution >= 4 is 35.0 Å². The van der Waals surface area contributed by atoms with E-state index < -0.39 is 0 Å². The number of anilines is 1. The Morgan fingerprint density at radius 1 is 1.09 bits per heavy atom. The lowest BCUT2D eigenvalue weighted by Crippen LogP contribution is -2.42. The van der Waals surface area contributed by atoms with Crippen LogP contribution >= 0.6 is 11.6 Å². The molecule has 1 saturated carbocycles. The molecule has 0 bridgehead atoms. The van der Waals surface area contributed by atoms with Crippen LogP contribution in [-0.2, 0) is 19.1 Å². The molecule has 1 unspecified atom stereocenters. The Kier molecular flexibility index (Phi) is 7.66. The quantitative estimate of drug-likeness (QED) is 0.396. The van der Waals surface area contributed by atoms with Crippen LogP contribution < -0.4 is 26.6 Å². The van der Waals surface area contributed by atoms with Gasteiger partial charge in [0, 0.05) is 31.3 Å². The van der Waals surface area contributed by atoms with E-state index in [4.69, 9.17) is 16.3 Å². The fourth-order valence-corrected chi connectivity index (χ4v) is 4.50. The molecule has 4 rings (SSSR count). The zero-order valence-corrected chi connectivity index (χ0v) is 19.0. The van der Waals surface area contributed by atoms with Crippen LogP contribution in [0.1, 0.15) is 38.5 Å². The highest BCUT2D eigenvalue weighted by Crippen LogP contribution is 2.27. The van der Waals surface area contributed by atoms with E-state index in [1.807, 2.05) is 0 Å². The Labute approximate surface area is 197 Å². The van der Waals surface area contributed by atoms with Crippen molar-refractivity contribution in [2.75, 3.05) is 25.1 Å². The van der Waals surface area contributed by atoms with E-state index in [2.05, 4.69) is 31.6 Å². The lowest BCUT2D eigenvalue weighted by molar-refractivity contribution is -0.122. The van der Waals surface area contributed by atoms with Crippen molar-refractivity contribution in [3.63, 3.8) is 0 Å². The van der Waals surface area contributed by atoms with Gasteiger partial charge in [-0.2, -0.15) is 0 Å². The average molecular weight is 477 g/mol. The lowest BCUT2D eigenvalue weighted by atomic mass is 9.85. The Balaban J connectivity index is 1.25. The summed E-state index contributed by atoms with van der Waals surface area (Å²) in [6.07, 6.45) is 7.68. The molecule has 1 aromatic rings. The van der Waals surface area contributed by atoms with Gasteiger partial charge in [-0.05, 0) is 44.6 Å². The molecule has 178 valence electrons. The number of carbonyl (C=O) groups is 3. The van der Waals surface area contributed by atoms with E-state index in [9.17, 15) is 14.4 Å². The van der Waals surface area contributed by atoms with Crippen molar-refractivity contribution in [2.45, 2.75) is 50.7 Å². The number of hydrogen-bond donors (Lipinski definition) is 5. The standard InChI is InChI=1S/C22H29ClN6O4/c23-16-7-8-24-11-17(16)29-20(30)13-3-5-14(6-4-13)28-22(32)19-18(26-12-27-19)21(31)25-10-15-2-1-9-33-15/h7-8,11,13-15,26-27H,1-6,9-10,12H2,(H,25,31)(H,28,32)(H,29,30). The van der Waals surface area contributed by atoms with E-state index in [-0.39, 0.29) is 47.2 Å². The van der Waals surface area contributed by atoms with Gasteiger partial charge in [0.05, 0.1) is 29.7 Å². The average Bonchev–Trinajstić information content (AvgIpc) is 3.52. The second-order valence-corrected chi connectivity index (χ2v) is 8.90. The summed E-state index contributed by atoms with van der Waals surface area (Å²) in [5, 5.41) is 15.0. The number of ether oxygens (including phenoxy) is 1. The van der Waals surface area contributed by atoms with Crippen molar-refractivity contribution in [3.8, 4) is 0 Å². The number of pyridine rings is 1. The van der Waals surface area contributed by atoms with Crippen molar-refractivity contribution in [3.05, 3.63) is 34.9 Å². The monoisotopic (exact) mass is 476 g/mol. The second kappa shape index (κ2) is 10.8. The van der Waals surface area contributed by atoms with Crippen molar-refractivity contribution in [1.82, 2.24) is 26.3 Å². The predicted molar refractivity (Wildman–Crippen MR) is 122 cm³/mol. The first-order chi connectivity index (χ1) is 16.0. The Morgan fingerprint density at radius 2 is 1.85 bits per heavy atom. The zero-order chi connectivity index (χ0) is 23.2. The third-order valence-electron chi connectivity index (χ3n) is 6.21. The summed E-state index contributed by atoms with van der Waals surface area (Å²) >= 11 is 6.08. The predicted octanol–water partition coefficient (Wildman–Crippen LogP) is 1.01. The summed E-state index contributed by atoms with van der Waals surface area (Å²) < 4.78 is 5.52. The molecule has 2 aliphatic heterocycles. The number of nitrogens with zero attached hydrogens (tertiary/aromatic N) is 1. The van der Waals surface area contributed by atoms with Crippen LogP contribution in [0.4, 0.5) is 5.69 Å². The number of nitrogens with one attached hydrogen (secondary N) is 5. The summed E-state index contributed by atoms with van der Waals surface area (Å²) in [7, 11) is 0. The molecule has 0 aromatic carbocycles. The normalized spacial score (nSPS) is 24.6. The van der Waals surface area contributed by atoms with Crippen molar-refractivity contribution in [2.24, 2.45) is 5.92 Å². The first-order valence-corrected chi connectivity index (χ1v) is 11.7. The summed E-state index contributed by atoms with van der Waals surface area (Å²) in [5.41, 5.74) is 0.981. The number of hydrogen-bond acceptors (Lipinski definition) is 7. The molecule has 1 atom stereocenters. The largest absolute Gasteiger partial charge is 0.376 e. The number of aromatic nitrogens is 1. The van der Waals surface area contributed by atoms with Crippen LogP contribution in [-0.4, -0.2) is 54.7 Å². The minimum absolute atomic E-state index is 0.0303. The van der Waals surface area contributed by atoms with Crippen LogP contribution in [0, 0.1) is 5.92 Å². The third kappa shape index (κ3) is 5.94. The molecular formula is C22H29ClN6O4. The van der Waals surface area contributed by atoms with Crippen LogP contribution in [0.15, 0.2) is 29.9 Å². The molecule has 1 saturated heterocycles. The van der Waals surface area contributed by atoms with Crippen LogP contribution in [0.5, 0.6) is 0 Å². The Hall–Kier alpha value is -2.85. The fourth-order valence-electron chi connectivity index (χ4n) is 4.35. The maximum Gasteiger partial charge on any atom is 0.269 e. The molecule has 1 aliphatic carbocycles. The molecule has 0 radical (unpaired) electrons. The van der Waals surface area contributed by atoms with E-state index in [1.165, 1.54) is 6.20 Å². The maximum absolute atomic E-state index is 12.8. The number of carbonyl (C=O) groups excluding carboxylic acids is 3. The number of halogens is 1. The highest BCUT2D eigenvalue weighted by Gasteiger charge is 2.31. The molecule has 10 nitrogen and oxygen atoms in total. The third-order valence-corrected chi connectivity index (χ3v) is 6.54. The van der Waals surface area contributed by atoms with E-state index >= 15 is 0 Å². The molecule has 3 heterocycles. The minimum Gasteiger partial charge on any atom is -0.376 e. The molecule has 3 amide bonds. The molecule has 11 heteroatoms. The fraction of sp³-hybridized carbons (Fsp3) is 0.545. The van der Waals surface area contributed by atoms with Gasteiger partial charge in [0.2, 0.25) is 5.91 Å². The van der Waals surface area contributed by atoms with Gasteiger partial charge in [-0.1, -0.05) is 11.6 Å². The van der Waals surface area contributed by atoms with Gasteiger partial charge in [0.1, 0.15) is 11.4 Å². The highest BCUT2D eigenvalue weighted by atomic mass is 35.5. The van der Waals surface area contributed by atoms with Crippen LogP contribution in [0.2, 0.25) is 5.02 Å².